The Bertz CT molecular complexity index is 738. The number of rotatable bonds is 6. The van der Waals surface area contributed by atoms with Crippen LogP contribution < -0.4 is 20.9 Å². The van der Waals surface area contributed by atoms with E-state index < -0.39 is 0 Å². The minimum atomic E-state index is -0.375. The molecule has 0 aliphatic rings. The fourth-order valence-electron chi connectivity index (χ4n) is 2.36. The molecule has 0 saturated heterocycles. The van der Waals surface area contributed by atoms with E-state index in [-0.39, 0.29) is 23.2 Å². The molecule has 2 aromatic rings. The zero-order chi connectivity index (χ0) is 17.5. The van der Waals surface area contributed by atoms with Crippen molar-refractivity contribution in [2.75, 3.05) is 19.0 Å². The summed E-state index contributed by atoms with van der Waals surface area (Å²) in [7, 11) is 3.28. The van der Waals surface area contributed by atoms with Crippen LogP contribution in [0.3, 0.4) is 0 Å². The highest BCUT2D eigenvalue weighted by molar-refractivity contribution is 5.88. The standard InChI is InChI=1S/C18H23N3O3/c1-13(11-14-6-8-15(24-3)9-7-14)12-19-18(23)20-16-5-4-10-21(2)17(16)22/h4-10,13H,11-12H2,1-3H3,(H2,19,20,23)/t13-/m0/s1. The zero-order valence-electron chi connectivity index (χ0n) is 14.2. The van der Waals surface area contributed by atoms with E-state index in [2.05, 4.69) is 17.6 Å². The average Bonchev–Trinajstić information content (AvgIpc) is 2.58. The van der Waals surface area contributed by atoms with Crippen LogP contribution in [0.1, 0.15) is 12.5 Å². The first-order valence-corrected chi connectivity index (χ1v) is 7.83. The maximum atomic E-state index is 11.9. The van der Waals surface area contributed by atoms with Gasteiger partial charge in [0.15, 0.2) is 0 Å². The molecule has 1 atom stereocenters. The van der Waals surface area contributed by atoms with Crippen molar-refractivity contribution in [2.45, 2.75) is 13.3 Å². The predicted octanol–water partition coefficient (Wildman–Crippen LogP) is 2.39. The topological polar surface area (TPSA) is 72.4 Å². The summed E-state index contributed by atoms with van der Waals surface area (Å²) in [5.74, 6) is 1.09. The van der Waals surface area contributed by atoms with Crippen molar-refractivity contribution >= 4 is 11.7 Å². The summed E-state index contributed by atoms with van der Waals surface area (Å²) in [5, 5.41) is 5.38. The van der Waals surface area contributed by atoms with Crippen molar-refractivity contribution in [1.82, 2.24) is 9.88 Å². The van der Waals surface area contributed by atoms with E-state index in [1.807, 2.05) is 24.3 Å². The number of aromatic nitrogens is 1. The molecule has 0 spiro atoms. The first kappa shape index (κ1) is 17.6. The Morgan fingerprint density at radius 1 is 1.25 bits per heavy atom. The Morgan fingerprint density at radius 2 is 1.96 bits per heavy atom. The van der Waals surface area contributed by atoms with Gasteiger partial charge in [-0.15, -0.1) is 0 Å². The van der Waals surface area contributed by atoms with Crippen molar-refractivity contribution in [2.24, 2.45) is 13.0 Å². The lowest BCUT2D eigenvalue weighted by atomic mass is 10.0. The molecular formula is C18H23N3O3. The average molecular weight is 329 g/mol. The number of nitrogens with one attached hydrogen (secondary N) is 2. The number of benzene rings is 1. The molecule has 24 heavy (non-hydrogen) atoms. The first-order valence-electron chi connectivity index (χ1n) is 7.83. The van der Waals surface area contributed by atoms with Crippen LogP contribution in [0.5, 0.6) is 5.75 Å². The number of amides is 2. The number of anilines is 1. The molecule has 1 heterocycles. The molecule has 1 aromatic carbocycles. The quantitative estimate of drug-likeness (QED) is 0.855. The molecule has 6 nitrogen and oxygen atoms in total. The van der Waals surface area contributed by atoms with Crippen LogP contribution in [-0.4, -0.2) is 24.3 Å². The van der Waals surface area contributed by atoms with E-state index >= 15 is 0 Å². The van der Waals surface area contributed by atoms with Crippen LogP contribution in [0.2, 0.25) is 0 Å². The SMILES string of the molecule is COc1ccc(C[C@H](C)CNC(=O)Nc2cccn(C)c2=O)cc1. The van der Waals surface area contributed by atoms with Gasteiger partial charge in [-0.05, 0) is 42.2 Å². The Morgan fingerprint density at radius 3 is 2.62 bits per heavy atom. The van der Waals surface area contributed by atoms with Crippen molar-refractivity contribution in [3.05, 3.63) is 58.5 Å². The summed E-state index contributed by atoms with van der Waals surface area (Å²) >= 11 is 0. The van der Waals surface area contributed by atoms with Gasteiger partial charge in [0.2, 0.25) is 0 Å². The summed E-state index contributed by atoms with van der Waals surface area (Å²) in [5.41, 5.74) is 1.21. The third kappa shape index (κ3) is 4.87. The second-order valence-electron chi connectivity index (χ2n) is 5.83. The molecule has 0 unspecified atom stereocenters. The highest BCUT2D eigenvalue weighted by atomic mass is 16.5. The van der Waals surface area contributed by atoms with Crippen LogP contribution in [0.15, 0.2) is 47.4 Å². The van der Waals surface area contributed by atoms with Crippen molar-refractivity contribution in [3.63, 3.8) is 0 Å². The van der Waals surface area contributed by atoms with Crippen LogP contribution in [-0.2, 0) is 13.5 Å². The molecule has 0 radical (unpaired) electrons. The highest BCUT2D eigenvalue weighted by Gasteiger charge is 2.09. The number of urea groups is 1. The first-order chi connectivity index (χ1) is 11.5. The Labute approximate surface area is 141 Å². The number of carbonyl (C=O) groups is 1. The minimum Gasteiger partial charge on any atom is -0.497 e. The van der Waals surface area contributed by atoms with E-state index in [0.717, 1.165) is 12.2 Å². The third-order valence-electron chi connectivity index (χ3n) is 3.73. The number of pyridine rings is 1. The van der Waals surface area contributed by atoms with E-state index in [1.165, 1.54) is 10.1 Å². The van der Waals surface area contributed by atoms with Crippen LogP contribution in [0, 0.1) is 5.92 Å². The van der Waals surface area contributed by atoms with E-state index in [4.69, 9.17) is 4.74 Å². The fourth-order valence-corrected chi connectivity index (χ4v) is 2.36. The molecule has 2 N–H and O–H groups in total. The summed E-state index contributed by atoms with van der Waals surface area (Å²) in [6, 6.07) is 10.8. The lowest BCUT2D eigenvalue weighted by Gasteiger charge is -2.14. The molecular weight excluding hydrogens is 306 g/mol. The Balaban J connectivity index is 1.82. The molecule has 2 rings (SSSR count). The zero-order valence-corrected chi connectivity index (χ0v) is 14.2. The lowest BCUT2D eigenvalue weighted by Crippen LogP contribution is -2.35. The molecule has 0 saturated carbocycles. The van der Waals surface area contributed by atoms with Crippen LogP contribution >= 0.6 is 0 Å². The molecule has 1 aromatic heterocycles. The van der Waals surface area contributed by atoms with Gasteiger partial charge in [-0.3, -0.25) is 4.79 Å². The lowest BCUT2D eigenvalue weighted by molar-refractivity contribution is 0.250. The summed E-state index contributed by atoms with van der Waals surface area (Å²) in [6.07, 6.45) is 2.49. The summed E-state index contributed by atoms with van der Waals surface area (Å²) < 4.78 is 6.55. The normalized spacial score (nSPS) is 11.6. The second kappa shape index (κ2) is 8.19. The van der Waals surface area contributed by atoms with Gasteiger partial charge >= 0.3 is 6.03 Å². The summed E-state index contributed by atoms with van der Waals surface area (Å²) in [4.78, 5) is 23.8. The molecule has 0 fully saturated rings. The number of hydrogen-bond acceptors (Lipinski definition) is 3. The van der Waals surface area contributed by atoms with Crippen LogP contribution in [0.4, 0.5) is 10.5 Å². The van der Waals surface area contributed by atoms with E-state index in [1.54, 1.807) is 32.5 Å². The van der Waals surface area contributed by atoms with Gasteiger partial charge in [0.05, 0.1) is 7.11 Å². The van der Waals surface area contributed by atoms with Gasteiger partial charge in [-0.25, -0.2) is 4.79 Å². The molecule has 2 amide bonds. The second-order valence-corrected chi connectivity index (χ2v) is 5.83. The fraction of sp³-hybridized carbons (Fsp3) is 0.333. The number of aryl methyl sites for hydroxylation is 1. The van der Waals surface area contributed by atoms with Crippen LogP contribution in [0.25, 0.3) is 0 Å². The van der Waals surface area contributed by atoms with Crippen molar-refractivity contribution in [3.8, 4) is 5.75 Å². The Kier molecular flexibility index (Phi) is 6.01. The van der Waals surface area contributed by atoms with Gasteiger partial charge in [-0.1, -0.05) is 19.1 Å². The third-order valence-corrected chi connectivity index (χ3v) is 3.73. The van der Waals surface area contributed by atoms with E-state index in [0.29, 0.717) is 6.54 Å². The molecule has 0 aliphatic heterocycles. The molecule has 128 valence electrons. The number of ether oxygens (including phenoxy) is 1. The number of nitrogens with zero attached hydrogens (tertiary/aromatic N) is 1. The number of carbonyl (C=O) groups excluding carboxylic acids is 1. The maximum absolute atomic E-state index is 11.9. The van der Waals surface area contributed by atoms with Gasteiger partial charge < -0.3 is 19.9 Å². The van der Waals surface area contributed by atoms with E-state index in [9.17, 15) is 9.59 Å². The number of hydrogen-bond donors (Lipinski definition) is 2. The smallest absolute Gasteiger partial charge is 0.319 e. The molecule has 6 heteroatoms. The number of methoxy groups -OCH3 is 1. The van der Waals surface area contributed by atoms with Crippen molar-refractivity contribution < 1.29 is 9.53 Å². The van der Waals surface area contributed by atoms with Gasteiger partial charge in [-0.2, -0.15) is 0 Å². The highest BCUT2D eigenvalue weighted by Crippen LogP contribution is 2.14. The largest absolute Gasteiger partial charge is 0.497 e. The molecule has 0 bridgehead atoms. The molecule has 0 aliphatic carbocycles. The predicted molar refractivity (Wildman–Crippen MR) is 94.6 cm³/mol. The minimum absolute atomic E-state index is 0.237. The summed E-state index contributed by atoms with van der Waals surface area (Å²) in [6.45, 7) is 2.58. The van der Waals surface area contributed by atoms with Gasteiger partial charge in [0.1, 0.15) is 11.4 Å². The van der Waals surface area contributed by atoms with Crippen molar-refractivity contribution in [1.29, 1.82) is 0 Å². The maximum Gasteiger partial charge on any atom is 0.319 e. The Hall–Kier alpha value is -2.76. The van der Waals surface area contributed by atoms with Gasteiger partial charge in [0.25, 0.3) is 5.56 Å². The monoisotopic (exact) mass is 329 g/mol. The van der Waals surface area contributed by atoms with Gasteiger partial charge in [0, 0.05) is 19.8 Å².